The van der Waals surface area contributed by atoms with Gasteiger partial charge in [-0.15, -0.1) is 0 Å². The van der Waals surface area contributed by atoms with Crippen LogP contribution < -0.4 is 10.6 Å². The van der Waals surface area contributed by atoms with Gasteiger partial charge in [0.1, 0.15) is 0 Å². The number of hydrogen-bond acceptors (Lipinski definition) is 6. The Morgan fingerprint density at radius 1 is 1.47 bits per heavy atom. The molecule has 2 N–H and O–H groups in total. The van der Waals surface area contributed by atoms with Gasteiger partial charge in [-0.05, 0) is 0 Å². The molecule has 0 bridgehead atoms. The number of aromatic nitrogens is 2. The maximum absolute atomic E-state index is 11.7. The molecule has 2 amide bonds. The molecule has 0 unspecified atom stereocenters. The first-order valence-corrected chi connectivity index (χ1v) is 6.04. The molecule has 0 radical (unpaired) electrons. The lowest BCUT2D eigenvalue weighted by atomic mass is 10.3. The molecule has 17 heavy (non-hydrogen) atoms. The van der Waals surface area contributed by atoms with Gasteiger partial charge in [0.05, 0.1) is 24.5 Å². The molecular weight excluding hydrogens is 242 g/mol. The topological polar surface area (TPSA) is 87.2 Å². The Morgan fingerprint density at radius 3 is 2.88 bits per heavy atom. The highest BCUT2D eigenvalue weighted by Crippen LogP contribution is 1.96. The van der Waals surface area contributed by atoms with E-state index in [0.29, 0.717) is 13.1 Å². The molecule has 2 heterocycles. The van der Waals surface area contributed by atoms with Gasteiger partial charge in [-0.1, -0.05) is 0 Å². The van der Waals surface area contributed by atoms with Gasteiger partial charge in [0.25, 0.3) is 5.91 Å². The fourth-order valence-corrected chi connectivity index (χ4v) is 1.95. The first kappa shape index (κ1) is 11.9. The molecule has 1 aromatic rings. The molecule has 0 spiro atoms. The highest BCUT2D eigenvalue weighted by atomic mass is 32.1. The summed E-state index contributed by atoms with van der Waals surface area (Å²) < 4.78 is 7.52. The average molecular weight is 255 g/mol. The van der Waals surface area contributed by atoms with Gasteiger partial charge < -0.3 is 15.5 Å². The van der Waals surface area contributed by atoms with Crippen molar-refractivity contribution in [2.75, 3.05) is 32.7 Å². The Hall–Kier alpha value is -1.54. The minimum Gasteiger partial charge on any atom is -0.342 e. The monoisotopic (exact) mass is 255 g/mol. The molecular formula is C9H13N5O2S. The van der Waals surface area contributed by atoms with Crippen LogP contribution in [-0.4, -0.2) is 58.2 Å². The van der Waals surface area contributed by atoms with Crippen molar-refractivity contribution in [1.82, 2.24) is 24.3 Å². The molecule has 7 nitrogen and oxygen atoms in total. The molecule has 0 aliphatic carbocycles. The molecule has 0 atom stereocenters. The van der Waals surface area contributed by atoms with Crippen molar-refractivity contribution in [2.24, 2.45) is 0 Å². The minimum atomic E-state index is -0.359. The quantitative estimate of drug-likeness (QED) is 0.701. The summed E-state index contributed by atoms with van der Waals surface area (Å²) in [6, 6.07) is 0. The average Bonchev–Trinajstić information content (AvgIpc) is 2.90. The third kappa shape index (κ3) is 3.21. The van der Waals surface area contributed by atoms with Crippen LogP contribution in [0.25, 0.3) is 0 Å². The van der Waals surface area contributed by atoms with Crippen molar-refractivity contribution in [3.63, 3.8) is 0 Å². The smallest absolute Gasteiger partial charge is 0.273 e. The van der Waals surface area contributed by atoms with Gasteiger partial charge in [0.15, 0.2) is 5.69 Å². The summed E-state index contributed by atoms with van der Waals surface area (Å²) in [5.74, 6) is -0.426. The van der Waals surface area contributed by atoms with E-state index < -0.39 is 0 Å². The fraction of sp³-hybridized carbons (Fsp3) is 0.556. The van der Waals surface area contributed by atoms with Gasteiger partial charge in [-0.3, -0.25) is 9.59 Å². The number of nitrogens with zero attached hydrogens (tertiary/aromatic N) is 3. The maximum Gasteiger partial charge on any atom is 0.273 e. The minimum absolute atomic E-state index is 0.0103. The van der Waals surface area contributed by atoms with Crippen molar-refractivity contribution >= 4 is 23.5 Å². The van der Waals surface area contributed by atoms with Crippen molar-refractivity contribution in [2.45, 2.75) is 0 Å². The van der Waals surface area contributed by atoms with Crippen molar-refractivity contribution < 1.29 is 9.59 Å². The molecule has 1 saturated heterocycles. The van der Waals surface area contributed by atoms with E-state index in [4.69, 9.17) is 0 Å². The zero-order valence-corrected chi connectivity index (χ0v) is 10.00. The van der Waals surface area contributed by atoms with Crippen LogP contribution in [0, 0.1) is 0 Å². The second kappa shape index (κ2) is 5.69. The van der Waals surface area contributed by atoms with Crippen LogP contribution in [0.3, 0.4) is 0 Å². The van der Waals surface area contributed by atoms with Crippen LogP contribution in [0.1, 0.15) is 10.5 Å². The first-order valence-electron chi connectivity index (χ1n) is 5.31. The van der Waals surface area contributed by atoms with Gasteiger partial charge in [-0.25, -0.2) is 0 Å². The molecule has 2 rings (SSSR count). The van der Waals surface area contributed by atoms with Crippen molar-refractivity contribution in [3.05, 3.63) is 11.9 Å². The number of piperazine rings is 1. The molecule has 92 valence electrons. The lowest BCUT2D eigenvalue weighted by molar-refractivity contribution is -0.130. The lowest BCUT2D eigenvalue weighted by Gasteiger charge is -2.27. The Kier molecular flexibility index (Phi) is 3.99. The second-order valence-corrected chi connectivity index (χ2v) is 4.16. The second-order valence-electron chi connectivity index (χ2n) is 3.61. The number of hydrogen-bond donors (Lipinski definition) is 2. The van der Waals surface area contributed by atoms with E-state index in [0.717, 1.165) is 24.8 Å². The van der Waals surface area contributed by atoms with Gasteiger partial charge in [0.2, 0.25) is 5.91 Å². The number of carbonyl (C=O) groups excluding carboxylic acids is 2. The standard InChI is InChI=1S/C9H13N5O2S/c15-8(14-3-1-10-2-4-14)6-11-9(16)7-5-12-17-13-7/h5,10H,1-4,6H2,(H,11,16). The maximum atomic E-state index is 11.7. The van der Waals surface area contributed by atoms with E-state index in [-0.39, 0.29) is 24.1 Å². The van der Waals surface area contributed by atoms with Crippen LogP contribution >= 0.6 is 11.7 Å². The fourth-order valence-electron chi connectivity index (χ4n) is 1.54. The van der Waals surface area contributed by atoms with Crippen molar-refractivity contribution in [1.29, 1.82) is 0 Å². The van der Waals surface area contributed by atoms with E-state index in [9.17, 15) is 9.59 Å². The van der Waals surface area contributed by atoms with E-state index in [1.165, 1.54) is 6.20 Å². The van der Waals surface area contributed by atoms with Crippen LogP contribution in [0.2, 0.25) is 0 Å². The van der Waals surface area contributed by atoms with Crippen LogP contribution in [-0.2, 0) is 4.79 Å². The SMILES string of the molecule is O=C(NCC(=O)N1CCNCC1)c1cnsn1. The normalized spacial score (nSPS) is 15.6. The highest BCUT2D eigenvalue weighted by Gasteiger charge is 2.17. The van der Waals surface area contributed by atoms with E-state index >= 15 is 0 Å². The largest absolute Gasteiger partial charge is 0.342 e. The Labute approximate surface area is 103 Å². The Bertz CT molecular complexity index is 388. The summed E-state index contributed by atoms with van der Waals surface area (Å²) in [7, 11) is 0. The summed E-state index contributed by atoms with van der Waals surface area (Å²) in [5.41, 5.74) is 0.253. The summed E-state index contributed by atoms with van der Waals surface area (Å²) in [5, 5.41) is 5.69. The van der Waals surface area contributed by atoms with E-state index in [2.05, 4.69) is 19.4 Å². The van der Waals surface area contributed by atoms with Crippen LogP contribution in [0.4, 0.5) is 0 Å². The Balaban J connectivity index is 1.77. The van der Waals surface area contributed by atoms with Gasteiger partial charge in [-0.2, -0.15) is 8.75 Å². The molecule has 1 aliphatic rings. The van der Waals surface area contributed by atoms with Crippen LogP contribution in [0.15, 0.2) is 6.20 Å². The molecule has 1 aromatic heterocycles. The summed E-state index contributed by atoms with van der Waals surface area (Å²) in [4.78, 5) is 25.0. The molecule has 0 saturated carbocycles. The zero-order chi connectivity index (χ0) is 12.1. The van der Waals surface area contributed by atoms with Gasteiger partial charge in [0, 0.05) is 26.2 Å². The summed E-state index contributed by atoms with van der Waals surface area (Å²) >= 11 is 0.966. The number of rotatable bonds is 3. The number of nitrogens with one attached hydrogen (secondary N) is 2. The molecule has 1 fully saturated rings. The molecule has 8 heteroatoms. The number of amides is 2. The van der Waals surface area contributed by atoms with E-state index in [1.54, 1.807) is 4.90 Å². The summed E-state index contributed by atoms with van der Waals surface area (Å²) in [6.45, 7) is 2.99. The third-order valence-corrected chi connectivity index (χ3v) is 2.94. The Morgan fingerprint density at radius 2 is 2.24 bits per heavy atom. The molecule has 1 aliphatic heterocycles. The molecule has 0 aromatic carbocycles. The summed E-state index contributed by atoms with van der Waals surface area (Å²) in [6.07, 6.45) is 1.38. The van der Waals surface area contributed by atoms with Crippen LogP contribution in [0.5, 0.6) is 0 Å². The van der Waals surface area contributed by atoms with Crippen molar-refractivity contribution in [3.8, 4) is 0 Å². The predicted octanol–water partition coefficient (Wildman–Crippen LogP) is -1.30. The zero-order valence-electron chi connectivity index (χ0n) is 9.18. The third-order valence-electron chi connectivity index (χ3n) is 2.46. The number of carbonyl (C=O) groups is 2. The predicted molar refractivity (Wildman–Crippen MR) is 61.7 cm³/mol. The van der Waals surface area contributed by atoms with Gasteiger partial charge >= 0.3 is 0 Å². The lowest BCUT2D eigenvalue weighted by Crippen LogP contribution is -2.49. The highest BCUT2D eigenvalue weighted by molar-refractivity contribution is 6.99. The first-order chi connectivity index (χ1) is 8.27. The van der Waals surface area contributed by atoms with E-state index in [1.807, 2.05) is 0 Å².